The molecule has 1 aliphatic heterocycles. The van der Waals surface area contributed by atoms with Crippen molar-refractivity contribution >= 4 is 41.3 Å². The molecule has 0 aromatic heterocycles. The Morgan fingerprint density at radius 1 is 0.762 bits per heavy atom. The van der Waals surface area contributed by atoms with Crippen molar-refractivity contribution in [1.29, 1.82) is 0 Å². The topological polar surface area (TPSA) is 175 Å². The Labute approximate surface area is 244 Å². The fourth-order valence-corrected chi connectivity index (χ4v) is 9.41. The smallest absolute Gasteiger partial charge is 0.268 e. The molecule has 42 heavy (non-hydrogen) atoms. The predicted octanol–water partition coefficient (Wildman–Crippen LogP) is 1.87. The van der Waals surface area contributed by atoms with Crippen LogP contribution in [0.3, 0.4) is 0 Å². The highest BCUT2D eigenvalue weighted by Crippen LogP contribution is 2.37. The van der Waals surface area contributed by atoms with Crippen molar-refractivity contribution in [2.24, 2.45) is 0 Å². The molecule has 1 fully saturated rings. The number of nitrogens with one attached hydrogen (secondary N) is 1. The Balaban J connectivity index is 1.75. The van der Waals surface area contributed by atoms with Crippen molar-refractivity contribution in [1.82, 2.24) is 0 Å². The summed E-state index contributed by atoms with van der Waals surface area (Å²) in [6.45, 7) is 0. The number of rotatable bonds is 11. The Morgan fingerprint density at radius 3 is 1.76 bits per heavy atom. The standard InChI is InChI=1S/C26H30N2O11S3/c1-36-19-9-11-25(23(13-19)38-3)41(32,33)27-17-5-7-18(8-6-17)28(21-15-40(30,31)16-22(21)29)42(34,35)26-12-10-20(37-2)14-24(26)39-4/h5-14,21-22,27,29H,15-16H2,1-4H3/t21-,22+/m1/s1. The number of hydrogen-bond donors (Lipinski definition) is 2. The molecule has 1 saturated heterocycles. The number of sulfonamides is 2. The first-order valence-electron chi connectivity index (χ1n) is 12.3. The van der Waals surface area contributed by atoms with Gasteiger partial charge in [0.1, 0.15) is 32.8 Å². The minimum Gasteiger partial charge on any atom is -0.497 e. The molecular weight excluding hydrogens is 612 g/mol. The van der Waals surface area contributed by atoms with E-state index < -0.39 is 53.5 Å². The van der Waals surface area contributed by atoms with Crippen LogP contribution in [0.1, 0.15) is 0 Å². The molecule has 0 amide bonds. The van der Waals surface area contributed by atoms with Gasteiger partial charge >= 0.3 is 0 Å². The molecule has 4 rings (SSSR count). The highest BCUT2D eigenvalue weighted by Gasteiger charge is 2.45. The van der Waals surface area contributed by atoms with Gasteiger partial charge in [0.2, 0.25) is 0 Å². The van der Waals surface area contributed by atoms with Gasteiger partial charge < -0.3 is 24.1 Å². The van der Waals surface area contributed by atoms with Gasteiger partial charge in [0.25, 0.3) is 20.0 Å². The minimum absolute atomic E-state index is 0.0148. The highest BCUT2D eigenvalue weighted by molar-refractivity contribution is 7.93. The van der Waals surface area contributed by atoms with E-state index in [2.05, 4.69) is 4.72 Å². The molecule has 2 atom stereocenters. The molecular formula is C26H30N2O11S3. The van der Waals surface area contributed by atoms with Crippen molar-refractivity contribution in [2.75, 3.05) is 49.0 Å². The second-order valence-electron chi connectivity index (χ2n) is 9.20. The van der Waals surface area contributed by atoms with Gasteiger partial charge in [0.05, 0.1) is 57.8 Å². The van der Waals surface area contributed by atoms with Crippen LogP contribution in [0.2, 0.25) is 0 Å². The lowest BCUT2D eigenvalue weighted by molar-refractivity contribution is 0.184. The fraction of sp³-hybridized carbons (Fsp3) is 0.308. The molecule has 1 heterocycles. The van der Waals surface area contributed by atoms with Crippen molar-refractivity contribution in [3.63, 3.8) is 0 Å². The molecule has 0 saturated carbocycles. The Kier molecular flexibility index (Phi) is 8.82. The maximum absolute atomic E-state index is 14.0. The zero-order chi connectivity index (χ0) is 30.9. The summed E-state index contributed by atoms with van der Waals surface area (Å²) >= 11 is 0. The van der Waals surface area contributed by atoms with Crippen molar-refractivity contribution in [3.05, 3.63) is 60.7 Å². The lowest BCUT2D eigenvalue weighted by atomic mass is 10.2. The van der Waals surface area contributed by atoms with Gasteiger partial charge in [0, 0.05) is 17.8 Å². The van der Waals surface area contributed by atoms with Gasteiger partial charge in [-0.1, -0.05) is 0 Å². The van der Waals surface area contributed by atoms with E-state index in [1.165, 1.54) is 89.1 Å². The summed E-state index contributed by atoms with van der Waals surface area (Å²) in [6, 6.07) is 12.1. The average Bonchev–Trinajstić information content (AvgIpc) is 3.23. The van der Waals surface area contributed by atoms with Gasteiger partial charge in [0.15, 0.2) is 9.84 Å². The summed E-state index contributed by atoms with van der Waals surface area (Å²) in [6.07, 6.45) is -1.52. The van der Waals surface area contributed by atoms with E-state index in [9.17, 15) is 30.4 Å². The van der Waals surface area contributed by atoms with E-state index in [0.717, 1.165) is 4.31 Å². The minimum atomic E-state index is -4.53. The molecule has 2 N–H and O–H groups in total. The second-order valence-corrected chi connectivity index (χ2v) is 14.8. The van der Waals surface area contributed by atoms with Crippen LogP contribution >= 0.6 is 0 Å². The first-order chi connectivity index (χ1) is 19.8. The number of nitrogens with zero attached hydrogens (tertiary/aromatic N) is 1. The second kappa shape index (κ2) is 11.9. The van der Waals surface area contributed by atoms with E-state index >= 15 is 0 Å². The van der Waals surface area contributed by atoms with Crippen molar-refractivity contribution in [3.8, 4) is 23.0 Å². The van der Waals surface area contributed by atoms with Gasteiger partial charge in [-0.15, -0.1) is 0 Å². The maximum atomic E-state index is 14.0. The number of methoxy groups -OCH3 is 4. The van der Waals surface area contributed by atoms with Crippen LogP contribution < -0.4 is 28.0 Å². The number of hydrogen-bond acceptors (Lipinski definition) is 11. The number of benzene rings is 3. The summed E-state index contributed by atoms with van der Waals surface area (Å²) in [5.74, 6) is -0.553. The molecule has 0 bridgehead atoms. The normalized spacial score (nSPS) is 18.2. The lowest BCUT2D eigenvalue weighted by Crippen LogP contribution is -2.47. The molecule has 0 unspecified atom stereocenters. The zero-order valence-electron chi connectivity index (χ0n) is 23.0. The predicted molar refractivity (Wildman–Crippen MR) is 154 cm³/mol. The third-order valence-corrected chi connectivity index (χ3v) is 11.5. The largest absolute Gasteiger partial charge is 0.497 e. The molecule has 13 nitrogen and oxygen atoms in total. The monoisotopic (exact) mass is 642 g/mol. The van der Waals surface area contributed by atoms with Crippen LogP contribution in [0.15, 0.2) is 70.5 Å². The summed E-state index contributed by atoms with van der Waals surface area (Å²) in [5, 5.41) is 10.6. The van der Waals surface area contributed by atoms with Crippen LogP contribution in [0.5, 0.6) is 23.0 Å². The van der Waals surface area contributed by atoms with E-state index in [-0.39, 0.29) is 32.7 Å². The third kappa shape index (κ3) is 6.21. The fourth-order valence-electron chi connectivity index (χ4n) is 4.52. The summed E-state index contributed by atoms with van der Waals surface area (Å²) in [4.78, 5) is -0.455. The molecule has 0 spiro atoms. The number of sulfone groups is 1. The zero-order valence-corrected chi connectivity index (χ0v) is 25.5. The molecule has 16 heteroatoms. The SMILES string of the molecule is COc1ccc(S(=O)(=O)Nc2ccc(N([C@@H]3CS(=O)(=O)C[C@@H]3O)S(=O)(=O)c3ccc(OC)cc3OC)cc2)c(OC)c1. The lowest BCUT2D eigenvalue weighted by Gasteiger charge is -2.32. The quantitative estimate of drug-likeness (QED) is 0.312. The van der Waals surface area contributed by atoms with Gasteiger partial charge in [-0.3, -0.25) is 9.03 Å². The number of anilines is 2. The van der Waals surface area contributed by atoms with Crippen LogP contribution in [0.4, 0.5) is 11.4 Å². The first kappa shape index (κ1) is 31.2. The van der Waals surface area contributed by atoms with Crippen LogP contribution in [0, 0.1) is 0 Å². The third-order valence-electron chi connectivity index (χ3n) is 6.54. The Hall–Kier alpha value is -3.73. The highest BCUT2D eigenvalue weighted by atomic mass is 32.2. The van der Waals surface area contributed by atoms with Crippen LogP contribution in [-0.2, 0) is 29.9 Å². The van der Waals surface area contributed by atoms with E-state index in [1.54, 1.807) is 0 Å². The molecule has 1 aliphatic rings. The van der Waals surface area contributed by atoms with E-state index in [1.807, 2.05) is 0 Å². The molecule has 3 aromatic rings. The molecule has 0 aliphatic carbocycles. The Morgan fingerprint density at radius 2 is 1.29 bits per heavy atom. The summed E-state index contributed by atoms with van der Waals surface area (Å²) in [7, 11) is -7.04. The molecule has 3 aromatic carbocycles. The van der Waals surface area contributed by atoms with Gasteiger partial charge in [-0.05, 0) is 48.5 Å². The summed E-state index contributed by atoms with van der Waals surface area (Å²) in [5.41, 5.74) is 0.0644. The van der Waals surface area contributed by atoms with Crippen LogP contribution in [-0.4, -0.2) is 82.5 Å². The molecule has 0 radical (unpaired) electrons. The molecule has 228 valence electrons. The average molecular weight is 643 g/mol. The number of aliphatic hydroxyl groups excluding tert-OH is 1. The first-order valence-corrected chi connectivity index (χ1v) is 17.0. The number of aliphatic hydroxyl groups is 1. The van der Waals surface area contributed by atoms with E-state index in [0.29, 0.717) is 11.5 Å². The van der Waals surface area contributed by atoms with Crippen LogP contribution in [0.25, 0.3) is 0 Å². The summed E-state index contributed by atoms with van der Waals surface area (Å²) < 4.78 is 103. The van der Waals surface area contributed by atoms with Crippen molar-refractivity contribution < 1.29 is 49.3 Å². The Bertz CT molecular complexity index is 1780. The van der Waals surface area contributed by atoms with E-state index in [4.69, 9.17) is 18.9 Å². The van der Waals surface area contributed by atoms with Gasteiger partial charge in [-0.25, -0.2) is 25.3 Å². The number of ether oxygens (including phenoxy) is 4. The van der Waals surface area contributed by atoms with Crippen molar-refractivity contribution in [2.45, 2.75) is 21.9 Å². The van der Waals surface area contributed by atoms with Gasteiger partial charge in [-0.2, -0.15) is 0 Å². The maximum Gasteiger partial charge on any atom is 0.268 e.